The van der Waals surface area contributed by atoms with Gasteiger partial charge in [0.1, 0.15) is 0 Å². The van der Waals surface area contributed by atoms with Gasteiger partial charge in [-0.25, -0.2) is 0 Å². The molecule has 1 saturated carbocycles. The quantitative estimate of drug-likeness (QED) is 0.868. The lowest BCUT2D eigenvalue weighted by molar-refractivity contribution is -0.129. The zero-order valence-corrected chi connectivity index (χ0v) is 15.2. The average Bonchev–Trinajstić information content (AvgIpc) is 3.12. The normalized spacial score (nSPS) is 29.8. The Bertz CT molecular complexity index is 770. The molecule has 2 fully saturated rings. The SMILES string of the molecule is CC1CC(C(=O)N[C@H]2CN(C(=O)c3ccc4c(c3)CC(=O)N4)C[C@H]2C)C1. The van der Waals surface area contributed by atoms with Crippen LogP contribution in [-0.4, -0.2) is 41.8 Å². The molecule has 1 aliphatic carbocycles. The summed E-state index contributed by atoms with van der Waals surface area (Å²) in [5.74, 6) is 1.09. The minimum Gasteiger partial charge on any atom is -0.351 e. The zero-order chi connectivity index (χ0) is 18.4. The highest BCUT2D eigenvalue weighted by Crippen LogP contribution is 2.33. The fraction of sp³-hybridized carbons (Fsp3) is 0.550. The van der Waals surface area contributed by atoms with Gasteiger partial charge in [-0.15, -0.1) is 0 Å². The van der Waals surface area contributed by atoms with Gasteiger partial charge in [0.05, 0.1) is 12.5 Å². The smallest absolute Gasteiger partial charge is 0.253 e. The fourth-order valence-corrected chi connectivity index (χ4v) is 4.28. The van der Waals surface area contributed by atoms with Gasteiger partial charge in [-0.2, -0.15) is 0 Å². The highest BCUT2D eigenvalue weighted by molar-refractivity contribution is 6.01. The van der Waals surface area contributed by atoms with Crippen LogP contribution in [0.3, 0.4) is 0 Å². The topological polar surface area (TPSA) is 78.5 Å². The molecule has 2 N–H and O–H groups in total. The largest absolute Gasteiger partial charge is 0.351 e. The first-order valence-electron chi connectivity index (χ1n) is 9.43. The van der Waals surface area contributed by atoms with Gasteiger partial charge in [0.25, 0.3) is 5.91 Å². The fourth-order valence-electron chi connectivity index (χ4n) is 4.28. The summed E-state index contributed by atoms with van der Waals surface area (Å²) in [4.78, 5) is 38.5. The maximum atomic E-state index is 12.9. The van der Waals surface area contributed by atoms with E-state index in [1.165, 1.54) is 0 Å². The van der Waals surface area contributed by atoms with E-state index >= 15 is 0 Å². The van der Waals surface area contributed by atoms with E-state index in [4.69, 9.17) is 0 Å². The molecule has 3 amide bonds. The molecule has 1 aromatic carbocycles. The summed E-state index contributed by atoms with van der Waals surface area (Å²) in [7, 11) is 0. The maximum absolute atomic E-state index is 12.9. The van der Waals surface area contributed by atoms with Crippen LogP contribution >= 0.6 is 0 Å². The minimum atomic E-state index is -0.0347. The molecule has 0 unspecified atom stereocenters. The van der Waals surface area contributed by atoms with E-state index < -0.39 is 0 Å². The lowest BCUT2D eigenvalue weighted by Crippen LogP contribution is -2.46. The third-order valence-electron chi connectivity index (χ3n) is 5.95. The summed E-state index contributed by atoms with van der Waals surface area (Å²) in [6, 6.07) is 5.38. The van der Waals surface area contributed by atoms with Crippen LogP contribution in [0.2, 0.25) is 0 Å². The van der Waals surface area contributed by atoms with Crippen LogP contribution in [0.4, 0.5) is 5.69 Å². The molecule has 1 saturated heterocycles. The number of carbonyl (C=O) groups is 3. The Kier molecular flexibility index (Phi) is 4.21. The van der Waals surface area contributed by atoms with Crippen LogP contribution in [-0.2, 0) is 16.0 Å². The van der Waals surface area contributed by atoms with Gasteiger partial charge in [-0.05, 0) is 48.4 Å². The first kappa shape index (κ1) is 17.1. The lowest BCUT2D eigenvalue weighted by atomic mass is 9.75. The van der Waals surface area contributed by atoms with E-state index in [-0.39, 0.29) is 35.6 Å². The molecular formula is C20H25N3O3. The molecule has 2 atom stereocenters. The number of carbonyl (C=O) groups excluding carboxylic acids is 3. The molecule has 6 heteroatoms. The molecule has 26 heavy (non-hydrogen) atoms. The Morgan fingerprint density at radius 2 is 1.96 bits per heavy atom. The second-order valence-electron chi connectivity index (χ2n) is 8.17. The van der Waals surface area contributed by atoms with Crippen molar-refractivity contribution < 1.29 is 14.4 Å². The first-order valence-corrected chi connectivity index (χ1v) is 9.43. The molecule has 0 radical (unpaired) electrons. The van der Waals surface area contributed by atoms with Crippen LogP contribution in [0.25, 0.3) is 0 Å². The molecule has 2 aliphatic heterocycles. The number of amides is 3. The average molecular weight is 355 g/mol. The molecule has 1 aromatic rings. The van der Waals surface area contributed by atoms with Crippen molar-refractivity contribution in [2.24, 2.45) is 17.8 Å². The highest BCUT2D eigenvalue weighted by Gasteiger charge is 2.37. The van der Waals surface area contributed by atoms with E-state index in [1.54, 1.807) is 12.1 Å². The molecule has 138 valence electrons. The van der Waals surface area contributed by atoms with Crippen molar-refractivity contribution in [1.82, 2.24) is 10.2 Å². The summed E-state index contributed by atoms with van der Waals surface area (Å²) < 4.78 is 0. The van der Waals surface area contributed by atoms with Crippen LogP contribution < -0.4 is 10.6 Å². The van der Waals surface area contributed by atoms with Gasteiger partial charge in [0.15, 0.2) is 0 Å². The molecule has 0 aromatic heterocycles. The summed E-state index contributed by atoms with van der Waals surface area (Å²) in [6.45, 7) is 5.43. The number of anilines is 1. The van der Waals surface area contributed by atoms with E-state index in [0.717, 1.165) is 24.1 Å². The Morgan fingerprint density at radius 1 is 1.19 bits per heavy atom. The maximum Gasteiger partial charge on any atom is 0.253 e. The van der Waals surface area contributed by atoms with E-state index in [1.807, 2.05) is 11.0 Å². The van der Waals surface area contributed by atoms with Crippen molar-refractivity contribution in [3.8, 4) is 0 Å². The minimum absolute atomic E-state index is 0.0139. The van der Waals surface area contributed by atoms with Crippen molar-refractivity contribution >= 4 is 23.4 Å². The number of likely N-dealkylation sites (tertiary alicyclic amines) is 1. The summed E-state index contributed by atoms with van der Waals surface area (Å²) >= 11 is 0. The molecule has 6 nitrogen and oxygen atoms in total. The number of benzene rings is 1. The number of fused-ring (bicyclic) bond motifs is 1. The second kappa shape index (κ2) is 6.41. The number of nitrogens with zero attached hydrogens (tertiary/aromatic N) is 1. The Labute approximate surface area is 153 Å². The van der Waals surface area contributed by atoms with Gasteiger partial charge in [0.2, 0.25) is 11.8 Å². The van der Waals surface area contributed by atoms with Crippen LogP contribution in [0.5, 0.6) is 0 Å². The van der Waals surface area contributed by atoms with E-state index in [2.05, 4.69) is 24.5 Å². The lowest BCUT2D eigenvalue weighted by Gasteiger charge is -2.32. The van der Waals surface area contributed by atoms with Crippen molar-refractivity contribution in [2.45, 2.75) is 39.2 Å². The number of hydrogen-bond acceptors (Lipinski definition) is 3. The number of hydrogen-bond donors (Lipinski definition) is 2. The third kappa shape index (κ3) is 3.08. The second-order valence-corrected chi connectivity index (χ2v) is 8.17. The van der Waals surface area contributed by atoms with Gasteiger partial charge in [-0.1, -0.05) is 13.8 Å². The van der Waals surface area contributed by atoms with E-state index in [0.29, 0.717) is 31.0 Å². The van der Waals surface area contributed by atoms with Crippen molar-refractivity contribution in [2.75, 3.05) is 18.4 Å². The van der Waals surface area contributed by atoms with Crippen molar-refractivity contribution in [3.05, 3.63) is 29.3 Å². The van der Waals surface area contributed by atoms with Crippen LogP contribution in [0, 0.1) is 17.8 Å². The molecule has 3 aliphatic rings. The standard InChI is InChI=1S/C20H25N3O3/c1-11-5-15(6-11)19(25)22-17-10-23(9-12(17)2)20(26)13-3-4-16-14(7-13)8-18(24)21-16/h3-4,7,11-12,15,17H,5-6,8-10H2,1-2H3,(H,21,24)(H,22,25)/t11?,12-,15?,17+/m1/s1. The van der Waals surface area contributed by atoms with Crippen LogP contribution in [0.15, 0.2) is 18.2 Å². The first-order chi connectivity index (χ1) is 12.4. The predicted molar refractivity (Wildman–Crippen MR) is 97.7 cm³/mol. The molecule has 0 bridgehead atoms. The van der Waals surface area contributed by atoms with Gasteiger partial charge in [-0.3, -0.25) is 14.4 Å². The summed E-state index contributed by atoms with van der Waals surface area (Å²) in [5, 5.41) is 5.93. The number of rotatable bonds is 3. The summed E-state index contributed by atoms with van der Waals surface area (Å²) in [6.07, 6.45) is 2.26. The third-order valence-corrected chi connectivity index (χ3v) is 5.95. The molecule has 2 heterocycles. The zero-order valence-electron chi connectivity index (χ0n) is 15.2. The van der Waals surface area contributed by atoms with E-state index in [9.17, 15) is 14.4 Å². The number of nitrogens with one attached hydrogen (secondary N) is 2. The summed E-state index contributed by atoms with van der Waals surface area (Å²) in [5.41, 5.74) is 2.27. The van der Waals surface area contributed by atoms with Gasteiger partial charge >= 0.3 is 0 Å². The predicted octanol–water partition coefficient (Wildman–Crippen LogP) is 1.80. The molecule has 4 rings (SSSR count). The Balaban J connectivity index is 1.39. The molecule has 0 spiro atoms. The van der Waals surface area contributed by atoms with Gasteiger partial charge < -0.3 is 15.5 Å². The monoisotopic (exact) mass is 355 g/mol. The Hall–Kier alpha value is -2.37. The van der Waals surface area contributed by atoms with Gasteiger partial charge in [0, 0.05) is 30.3 Å². The van der Waals surface area contributed by atoms with Crippen LogP contribution in [0.1, 0.15) is 42.6 Å². The van der Waals surface area contributed by atoms with Crippen molar-refractivity contribution in [3.63, 3.8) is 0 Å². The Morgan fingerprint density at radius 3 is 2.69 bits per heavy atom. The van der Waals surface area contributed by atoms with Crippen molar-refractivity contribution in [1.29, 1.82) is 0 Å². The molecular weight excluding hydrogens is 330 g/mol. The highest BCUT2D eigenvalue weighted by atomic mass is 16.2.